The highest BCUT2D eigenvalue weighted by Crippen LogP contribution is 2.25. The predicted octanol–water partition coefficient (Wildman–Crippen LogP) is 3.63. The first-order valence-electron chi connectivity index (χ1n) is 8.52. The number of carbonyl (C=O) groups excluding carboxylic acids is 1. The number of hydrogen-bond donors (Lipinski definition) is 0. The number of hydrogen-bond acceptors (Lipinski definition) is 2. The molecule has 1 aliphatic rings. The van der Waals surface area contributed by atoms with Crippen LogP contribution in [-0.4, -0.2) is 33.4 Å². The number of para-hydroxylation sites is 2. The Labute approximate surface area is 141 Å². The molecule has 1 saturated heterocycles. The first-order valence-corrected chi connectivity index (χ1v) is 8.52. The number of carbonyl (C=O) groups is 1. The van der Waals surface area contributed by atoms with Crippen LogP contribution in [0.1, 0.15) is 18.4 Å². The summed E-state index contributed by atoms with van der Waals surface area (Å²) < 4.78 is 2.06. The van der Waals surface area contributed by atoms with Crippen molar-refractivity contribution in [3.05, 3.63) is 54.1 Å². The lowest BCUT2D eigenvalue weighted by Gasteiger charge is -2.17. The lowest BCUT2D eigenvalue weighted by atomic mass is 10.1. The van der Waals surface area contributed by atoms with Crippen molar-refractivity contribution in [2.45, 2.75) is 26.3 Å². The fourth-order valence-electron chi connectivity index (χ4n) is 3.36. The van der Waals surface area contributed by atoms with Crippen molar-refractivity contribution in [3.8, 4) is 11.4 Å². The molecule has 0 saturated carbocycles. The fourth-order valence-corrected chi connectivity index (χ4v) is 3.36. The van der Waals surface area contributed by atoms with Crippen molar-refractivity contribution in [2.75, 3.05) is 13.1 Å². The highest BCUT2D eigenvalue weighted by atomic mass is 16.2. The van der Waals surface area contributed by atoms with Gasteiger partial charge in [0.25, 0.3) is 0 Å². The number of imidazole rings is 1. The lowest BCUT2D eigenvalue weighted by Crippen LogP contribution is -2.31. The summed E-state index contributed by atoms with van der Waals surface area (Å²) in [5.74, 6) is 1.05. The number of benzene rings is 2. The molecule has 2 aromatic carbocycles. The van der Waals surface area contributed by atoms with Crippen LogP contribution in [0.5, 0.6) is 0 Å². The summed E-state index contributed by atoms with van der Waals surface area (Å²) >= 11 is 0. The average Bonchev–Trinajstić information content (AvgIpc) is 3.24. The Bertz CT molecular complexity index is 874. The molecule has 0 N–H and O–H groups in total. The van der Waals surface area contributed by atoms with Gasteiger partial charge in [0.15, 0.2) is 0 Å². The van der Waals surface area contributed by atoms with E-state index in [1.54, 1.807) is 0 Å². The molecule has 4 heteroatoms. The fraction of sp³-hybridized carbons (Fsp3) is 0.300. The third-order valence-corrected chi connectivity index (χ3v) is 4.72. The molecule has 3 aromatic rings. The molecule has 0 atom stereocenters. The van der Waals surface area contributed by atoms with Gasteiger partial charge in [0.1, 0.15) is 12.4 Å². The molecule has 1 amide bonds. The maximum absolute atomic E-state index is 12.7. The van der Waals surface area contributed by atoms with Crippen LogP contribution in [0.25, 0.3) is 22.4 Å². The van der Waals surface area contributed by atoms with E-state index < -0.39 is 0 Å². The van der Waals surface area contributed by atoms with Crippen LogP contribution in [0, 0.1) is 6.92 Å². The first-order chi connectivity index (χ1) is 11.7. The standard InChI is InChI=1S/C20H21N3O/c1-15-8-10-16(11-9-15)20-21-17-6-2-3-7-18(17)23(20)14-19(24)22-12-4-5-13-22/h2-3,6-11H,4-5,12-14H2,1H3. The van der Waals surface area contributed by atoms with Crippen molar-refractivity contribution in [3.63, 3.8) is 0 Å². The summed E-state index contributed by atoms with van der Waals surface area (Å²) in [6, 6.07) is 16.4. The Morgan fingerprint density at radius 3 is 2.50 bits per heavy atom. The van der Waals surface area contributed by atoms with Crippen molar-refractivity contribution >= 4 is 16.9 Å². The number of likely N-dealkylation sites (tertiary alicyclic amines) is 1. The highest BCUT2D eigenvalue weighted by molar-refractivity contribution is 5.84. The zero-order valence-corrected chi connectivity index (χ0v) is 13.9. The number of aryl methyl sites for hydroxylation is 1. The molecule has 1 fully saturated rings. The van der Waals surface area contributed by atoms with E-state index in [0.717, 1.165) is 48.4 Å². The second-order valence-electron chi connectivity index (χ2n) is 6.46. The van der Waals surface area contributed by atoms with Gasteiger partial charge in [-0.2, -0.15) is 0 Å². The summed E-state index contributed by atoms with van der Waals surface area (Å²) in [5.41, 5.74) is 4.21. The van der Waals surface area contributed by atoms with Gasteiger partial charge < -0.3 is 9.47 Å². The SMILES string of the molecule is Cc1ccc(-c2nc3ccccc3n2CC(=O)N2CCCC2)cc1. The second-order valence-corrected chi connectivity index (χ2v) is 6.46. The van der Waals surface area contributed by atoms with Gasteiger partial charge in [-0.1, -0.05) is 42.0 Å². The van der Waals surface area contributed by atoms with Gasteiger partial charge in [0.2, 0.25) is 5.91 Å². The van der Waals surface area contributed by atoms with Crippen LogP contribution in [0.15, 0.2) is 48.5 Å². The molecule has 0 radical (unpaired) electrons. The predicted molar refractivity (Wildman–Crippen MR) is 95.7 cm³/mol. The third-order valence-electron chi connectivity index (χ3n) is 4.72. The summed E-state index contributed by atoms with van der Waals surface area (Å²) in [5, 5.41) is 0. The van der Waals surface area contributed by atoms with Gasteiger partial charge in [-0.25, -0.2) is 4.98 Å². The smallest absolute Gasteiger partial charge is 0.242 e. The third kappa shape index (κ3) is 2.68. The molecule has 4 rings (SSSR count). The number of aromatic nitrogens is 2. The van der Waals surface area contributed by atoms with Gasteiger partial charge in [-0.05, 0) is 31.9 Å². The van der Waals surface area contributed by atoms with E-state index in [4.69, 9.17) is 4.98 Å². The number of fused-ring (bicyclic) bond motifs is 1. The Kier molecular flexibility index (Phi) is 3.81. The molecule has 4 nitrogen and oxygen atoms in total. The molecule has 1 aromatic heterocycles. The largest absolute Gasteiger partial charge is 0.341 e. The summed E-state index contributed by atoms with van der Waals surface area (Å²) in [6.07, 6.45) is 2.22. The zero-order valence-electron chi connectivity index (χ0n) is 13.9. The normalized spacial score (nSPS) is 14.5. The summed E-state index contributed by atoms with van der Waals surface area (Å²) in [4.78, 5) is 19.4. The van der Waals surface area contributed by atoms with E-state index in [9.17, 15) is 4.79 Å². The minimum Gasteiger partial charge on any atom is -0.341 e. The van der Waals surface area contributed by atoms with E-state index >= 15 is 0 Å². The zero-order chi connectivity index (χ0) is 16.5. The number of amides is 1. The Morgan fingerprint density at radius 1 is 1.04 bits per heavy atom. The topological polar surface area (TPSA) is 38.1 Å². The van der Waals surface area contributed by atoms with Crippen LogP contribution in [0.4, 0.5) is 0 Å². The highest BCUT2D eigenvalue weighted by Gasteiger charge is 2.21. The average molecular weight is 319 g/mol. The van der Waals surface area contributed by atoms with Crippen LogP contribution in [0.2, 0.25) is 0 Å². The molecule has 0 bridgehead atoms. The monoisotopic (exact) mass is 319 g/mol. The van der Waals surface area contributed by atoms with Crippen molar-refractivity contribution in [1.82, 2.24) is 14.5 Å². The van der Waals surface area contributed by atoms with E-state index in [0.29, 0.717) is 6.54 Å². The molecule has 0 unspecified atom stereocenters. The number of nitrogens with zero attached hydrogens (tertiary/aromatic N) is 3. The Balaban J connectivity index is 1.78. The van der Waals surface area contributed by atoms with E-state index in [2.05, 4.69) is 35.8 Å². The Morgan fingerprint density at radius 2 is 1.75 bits per heavy atom. The van der Waals surface area contributed by atoms with Crippen molar-refractivity contribution in [1.29, 1.82) is 0 Å². The molecular weight excluding hydrogens is 298 g/mol. The van der Waals surface area contributed by atoms with Gasteiger partial charge in [-0.3, -0.25) is 4.79 Å². The molecule has 0 aliphatic carbocycles. The molecule has 24 heavy (non-hydrogen) atoms. The van der Waals surface area contributed by atoms with Crippen molar-refractivity contribution < 1.29 is 4.79 Å². The summed E-state index contributed by atoms with van der Waals surface area (Å²) in [6.45, 7) is 4.18. The number of rotatable bonds is 3. The molecule has 122 valence electrons. The molecule has 1 aliphatic heterocycles. The minimum atomic E-state index is 0.184. The lowest BCUT2D eigenvalue weighted by molar-refractivity contribution is -0.130. The molecule has 0 spiro atoms. The van der Waals surface area contributed by atoms with Gasteiger partial charge in [-0.15, -0.1) is 0 Å². The maximum Gasteiger partial charge on any atom is 0.242 e. The quantitative estimate of drug-likeness (QED) is 0.739. The van der Waals surface area contributed by atoms with Gasteiger partial charge in [0.05, 0.1) is 11.0 Å². The molecular formula is C20H21N3O. The van der Waals surface area contributed by atoms with Crippen LogP contribution < -0.4 is 0 Å². The van der Waals surface area contributed by atoms with Crippen LogP contribution in [0.3, 0.4) is 0 Å². The summed E-state index contributed by atoms with van der Waals surface area (Å²) in [7, 11) is 0. The van der Waals surface area contributed by atoms with Crippen molar-refractivity contribution in [2.24, 2.45) is 0 Å². The van der Waals surface area contributed by atoms with E-state index in [1.165, 1.54) is 5.56 Å². The van der Waals surface area contributed by atoms with Gasteiger partial charge in [0, 0.05) is 18.7 Å². The van der Waals surface area contributed by atoms with Crippen LogP contribution >= 0.6 is 0 Å². The maximum atomic E-state index is 12.7. The second kappa shape index (κ2) is 6.11. The van der Waals surface area contributed by atoms with Gasteiger partial charge >= 0.3 is 0 Å². The van der Waals surface area contributed by atoms with E-state index in [1.807, 2.05) is 29.2 Å². The van der Waals surface area contributed by atoms with Crippen LogP contribution in [-0.2, 0) is 11.3 Å². The Hall–Kier alpha value is -2.62. The van der Waals surface area contributed by atoms with E-state index in [-0.39, 0.29) is 5.91 Å². The minimum absolute atomic E-state index is 0.184. The molecule has 2 heterocycles. The first kappa shape index (κ1) is 14.9.